The summed E-state index contributed by atoms with van der Waals surface area (Å²) >= 11 is 0. The smallest absolute Gasteiger partial charge is 0.153 e. The zero-order chi connectivity index (χ0) is 11.3. The Morgan fingerprint density at radius 3 is 1.87 bits per heavy atom. The molecule has 0 saturated heterocycles. The molecule has 0 N–H and O–H groups in total. The lowest BCUT2D eigenvalue weighted by molar-refractivity contribution is 0.744. The van der Waals surface area contributed by atoms with Crippen LogP contribution in [0.4, 0.5) is 0 Å². The van der Waals surface area contributed by atoms with Gasteiger partial charge >= 0.3 is 0 Å². The highest BCUT2D eigenvalue weighted by Gasteiger charge is 2.22. The fraction of sp³-hybridized carbons (Fsp3) is 0.250. The SMILES string of the molecule is Cc1ccc([C@H](C#N)C(C#N)C#N)cc1. The second-order valence-corrected chi connectivity index (χ2v) is 3.25. The van der Waals surface area contributed by atoms with Crippen molar-refractivity contribution >= 4 is 0 Å². The van der Waals surface area contributed by atoms with Gasteiger partial charge in [0.2, 0.25) is 0 Å². The van der Waals surface area contributed by atoms with Crippen molar-refractivity contribution in [1.29, 1.82) is 15.8 Å². The van der Waals surface area contributed by atoms with Crippen LogP contribution in [-0.4, -0.2) is 0 Å². The second-order valence-electron chi connectivity index (χ2n) is 3.25. The fourth-order valence-corrected chi connectivity index (χ4v) is 1.29. The average molecular weight is 195 g/mol. The van der Waals surface area contributed by atoms with Crippen molar-refractivity contribution in [3.63, 3.8) is 0 Å². The molecule has 0 saturated carbocycles. The Kier molecular flexibility index (Phi) is 3.44. The van der Waals surface area contributed by atoms with Crippen LogP contribution in [0.1, 0.15) is 17.0 Å². The van der Waals surface area contributed by atoms with Gasteiger partial charge in [0.15, 0.2) is 5.92 Å². The first-order valence-corrected chi connectivity index (χ1v) is 4.48. The van der Waals surface area contributed by atoms with Crippen molar-refractivity contribution in [2.45, 2.75) is 12.8 Å². The minimum absolute atomic E-state index is 0.666. The second kappa shape index (κ2) is 4.80. The highest BCUT2D eigenvalue weighted by molar-refractivity contribution is 5.32. The summed E-state index contributed by atoms with van der Waals surface area (Å²) in [4.78, 5) is 0. The predicted octanol–water partition coefficient (Wildman–Crippen LogP) is 2.27. The number of hydrogen-bond donors (Lipinski definition) is 0. The van der Waals surface area contributed by atoms with Gasteiger partial charge in [-0.25, -0.2) is 0 Å². The molecule has 0 fully saturated rings. The Labute approximate surface area is 88.8 Å². The van der Waals surface area contributed by atoms with Gasteiger partial charge in [-0.15, -0.1) is 0 Å². The van der Waals surface area contributed by atoms with Crippen molar-refractivity contribution in [2.24, 2.45) is 5.92 Å². The normalized spacial score (nSPS) is 11.1. The highest BCUT2D eigenvalue weighted by atomic mass is 14.4. The molecule has 0 spiro atoms. The van der Waals surface area contributed by atoms with Gasteiger partial charge in [0.05, 0.1) is 18.2 Å². The van der Waals surface area contributed by atoms with Crippen molar-refractivity contribution in [3.8, 4) is 18.2 Å². The third-order valence-electron chi connectivity index (χ3n) is 2.19. The molecular formula is C12H9N3. The molecule has 1 rings (SSSR count). The molecule has 72 valence electrons. The number of nitrogens with zero attached hydrogens (tertiary/aromatic N) is 3. The van der Waals surface area contributed by atoms with E-state index in [0.29, 0.717) is 0 Å². The largest absolute Gasteiger partial charge is 0.198 e. The minimum atomic E-state index is -0.905. The molecular weight excluding hydrogens is 186 g/mol. The third-order valence-corrected chi connectivity index (χ3v) is 2.19. The van der Waals surface area contributed by atoms with E-state index < -0.39 is 11.8 Å². The van der Waals surface area contributed by atoms with E-state index in [1.54, 1.807) is 12.1 Å². The summed E-state index contributed by atoms with van der Waals surface area (Å²) in [6.45, 7) is 1.94. The Morgan fingerprint density at radius 2 is 1.47 bits per heavy atom. The molecule has 0 aliphatic heterocycles. The standard InChI is InChI=1S/C12H9N3/c1-9-2-4-10(5-3-9)12(8-15)11(6-13)7-14/h2-5,11-12H,1H3/t12-/m0/s1. The van der Waals surface area contributed by atoms with Gasteiger partial charge in [0.1, 0.15) is 5.92 Å². The van der Waals surface area contributed by atoms with E-state index in [2.05, 4.69) is 0 Å². The average Bonchev–Trinajstić information content (AvgIpc) is 2.27. The van der Waals surface area contributed by atoms with E-state index in [1.165, 1.54) is 0 Å². The maximum atomic E-state index is 8.93. The number of aryl methyl sites for hydroxylation is 1. The lowest BCUT2D eigenvalue weighted by Crippen LogP contribution is -2.07. The third kappa shape index (κ3) is 2.33. The Bertz CT molecular complexity index is 440. The zero-order valence-corrected chi connectivity index (χ0v) is 8.31. The molecule has 3 nitrogen and oxygen atoms in total. The van der Waals surface area contributed by atoms with Crippen molar-refractivity contribution in [3.05, 3.63) is 35.4 Å². The minimum Gasteiger partial charge on any atom is -0.198 e. The van der Waals surface area contributed by atoms with E-state index in [1.807, 2.05) is 37.3 Å². The van der Waals surface area contributed by atoms with Crippen molar-refractivity contribution in [2.75, 3.05) is 0 Å². The fourth-order valence-electron chi connectivity index (χ4n) is 1.29. The van der Waals surface area contributed by atoms with Crippen LogP contribution in [0.2, 0.25) is 0 Å². The van der Waals surface area contributed by atoms with Crippen LogP contribution in [0.15, 0.2) is 24.3 Å². The van der Waals surface area contributed by atoms with Gasteiger partial charge in [0.25, 0.3) is 0 Å². The van der Waals surface area contributed by atoms with Gasteiger partial charge in [-0.2, -0.15) is 15.8 Å². The Morgan fingerprint density at radius 1 is 0.933 bits per heavy atom. The van der Waals surface area contributed by atoms with Crippen LogP contribution >= 0.6 is 0 Å². The molecule has 0 bridgehead atoms. The van der Waals surface area contributed by atoms with Crippen LogP contribution in [0, 0.1) is 46.8 Å². The van der Waals surface area contributed by atoms with E-state index >= 15 is 0 Å². The van der Waals surface area contributed by atoms with Crippen LogP contribution in [0.5, 0.6) is 0 Å². The van der Waals surface area contributed by atoms with Crippen LogP contribution < -0.4 is 0 Å². The number of benzene rings is 1. The summed E-state index contributed by atoms with van der Waals surface area (Å²) < 4.78 is 0. The number of hydrogen-bond acceptors (Lipinski definition) is 3. The molecule has 0 aromatic heterocycles. The molecule has 0 aliphatic carbocycles. The summed E-state index contributed by atoms with van der Waals surface area (Å²) in [6.07, 6.45) is 0. The van der Waals surface area contributed by atoms with Crippen LogP contribution in [0.3, 0.4) is 0 Å². The Balaban J connectivity index is 3.06. The molecule has 0 heterocycles. The van der Waals surface area contributed by atoms with E-state index in [4.69, 9.17) is 15.8 Å². The molecule has 0 amide bonds. The summed E-state index contributed by atoms with van der Waals surface area (Å²) in [6, 6.07) is 13.0. The first-order chi connectivity index (χ1) is 7.22. The van der Waals surface area contributed by atoms with Crippen LogP contribution in [0.25, 0.3) is 0 Å². The lowest BCUT2D eigenvalue weighted by atomic mass is 9.89. The zero-order valence-electron chi connectivity index (χ0n) is 8.31. The maximum Gasteiger partial charge on any atom is 0.153 e. The van der Waals surface area contributed by atoms with E-state index in [9.17, 15) is 0 Å². The highest BCUT2D eigenvalue weighted by Crippen LogP contribution is 2.23. The maximum absolute atomic E-state index is 8.93. The molecule has 15 heavy (non-hydrogen) atoms. The quantitative estimate of drug-likeness (QED) is 0.726. The van der Waals surface area contributed by atoms with Crippen molar-refractivity contribution in [1.82, 2.24) is 0 Å². The molecule has 3 heteroatoms. The lowest BCUT2D eigenvalue weighted by Gasteiger charge is -2.09. The monoisotopic (exact) mass is 195 g/mol. The molecule has 0 radical (unpaired) electrons. The van der Waals surface area contributed by atoms with E-state index in [0.717, 1.165) is 11.1 Å². The predicted molar refractivity (Wildman–Crippen MR) is 54.2 cm³/mol. The topological polar surface area (TPSA) is 71.4 Å². The van der Waals surface area contributed by atoms with Crippen molar-refractivity contribution < 1.29 is 0 Å². The van der Waals surface area contributed by atoms with Crippen LogP contribution in [-0.2, 0) is 0 Å². The van der Waals surface area contributed by atoms with E-state index in [-0.39, 0.29) is 0 Å². The van der Waals surface area contributed by atoms with Gasteiger partial charge in [-0.3, -0.25) is 0 Å². The molecule has 0 unspecified atom stereocenters. The summed E-state index contributed by atoms with van der Waals surface area (Å²) in [5.74, 6) is -1.57. The Hall–Kier alpha value is -2.31. The van der Waals surface area contributed by atoms with Gasteiger partial charge in [0, 0.05) is 0 Å². The molecule has 1 aromatic carbocycles. The van der Waals surface area contributed by atoms with Gasteiger partial charge in [-0.05, 0) is 12.5 Å². The number of nitriles is 3. The number of rotatable bonds is 2. The first-order valence-electron chi connectivity index (χ1n) is 4.48. The first kappa shape index (κ1) is 10.8. The summed E-state index contributed by atoms with van der Waals surface area (Å²) in [5, 5.41) is 26.4. The van der Waals surface area contributed by atoms with Gasteiger partial charge in [-0.1, -0.05) is 29.8 Å². The summed E-state index contributed by atoms with van der Waals surface area (Å²) in [5.41, 5.74) is 1.80. The molecule has 1 atom stereocenters. The molecule has 0 aliphatic rings. The van der Waals surface area contributed by atoms with Gasteiger partial charge < -0.3 is 0 Å². The summed E-state index contributed by atoms with van der Waals surface area (Å²) in [7, 11) is 0. The molecule has 1 aromatic rings.